The van der Waals surface area contributed by atoms with Crippen LogP contribution in [0.2, 0.25) is 0 Å². The van der Waals surface area contributed by atoms with Gasteiger partial charge in [0.1, 0.15) is 0 Å². The minimum atomic E-state index is 0.602. The molecular formula is C16H23N3. The van der Waals surface area contributed by atoms with E-state index in [1.54, 1.807) is 0 Å². The van der Waals surface area contributed by atoms with E-state index < -0.39 is 0 Å². The van der Waals surface area contributed by atoms with Crippen LogP contribution in [0.5, 0.6) is 0 Å². The van der Waals surface area contributed by atoms with Crippen molar-refractivity contribution in [3.05, 3.63) is 42.2 Å². The number of benzene rings is 1. The Kier molecular flexibility index (Phi) is 4.88. The summed E-state index contributed by atoms with van der Waals surface area (Å²) in [5.41, 5.74) is 1.34. The summed E-state index contributed by atoms with van der Waals surface area (Å²) < 4.78 is 0. The number of pyridine rings is 1. The molecule has 2 rings (SSSR count). The summed E-state index contributed by atoms with van der Waals surface area (Å²) in [7, 11) is 2.16. The summed E-state index contributed by atoms with van der Waals surface area (Å²) in [6.45, 7) is 7.43. The van der Waals surface area contributed by atoms with E-state index in [0.717, 1.165) is 19.6 Å². The molecule has 0 aliphatic carbocycles. The molecule has 0 amide bonds. The van der Waals surface area contributed by atoms with E-state index in [1.807, 2.05) is 12.4 Å². The molecule has 2 aromatic rings. The van der Waals surface area contributed by atoms with Gasteiger partial charge in [0.25, 0.3) is 0 Å². The van der Waals surface area contributed by atoms with E-state index in [9.17, 15) is 0 Å². The topological polar surface area (TPSA) is 28.2 Å². The summed E-state index contributed by atoms with van der Waals surface area (Å²) in [5, 5.41) is 6.02. The van der Waals surface area contributed by atoms with Crippen LogP contribution in [0.4, 0.5) is 0 Å². The van der Waals surface area contributed by atoms with Crippen molar-refractivity contribution < 1.29 is 0 Å². The molecule has 1 heterocycles. The molecule has 0 saturated heterocycles. The zero-order chi connectivity index (χ0) is 13.7. The van der Waals surface area contributed by atoms with Crippen LogP contribution in [0.15, 0.2) is 36.7 Å². The molecule has 0 atom stereocenters. The largest absolute Gasteiger partial charge is 0.311 e. The first kappa shape index (κ1) is 14.0. The maximum absolute atomic E-state index is 4.17. The third-order valence-electron chi connectivity index (χ3n) is 3.61. The van der Waals surface area contributed by atoms with Crippen molar-refractivity contribution in [3.63, 3.8) is 0 Å². The molecule has 3 nitrogen and oxygen atoms in total. The lowest BCUT2D eigenvalue weighted by atomic mass is 10.1. The van der Waals surface area contributed by atoms with Gasteiger partial charge in [0.05, 0.1) is 0 Å². The van der Waals surface area contributed by atoms with Crippen molar-refractivity contribution in [2.45, 2.75) is 26.4 Å². The van der Waals surface area contributed by atoms with Gasteiger partial charge < -0.3 is 10.2 Å². The Morgan fingerprint density at radius 1 is 1.26 bits per heavy atom. The third kappa shape index (κ3) is 3.75. The highest BCUT2D eigenvalue weighted by Crippen LogP contribution is 2.16. The van der Waals surface area contributed by atoms with Crippen molar-refractivity contribution in [3.8, 4) is 0 Å². The summed E-state index contributed by atoms with van der Waals surface area (Å²) >= 11 is 0. The van der Waals surface area contributed by atoms with E-state index in [0.29, 0.717) is 6.04 Å². The quantitative estimate of drug-likeness (QED) is 0.806. The Morgan fingerprint density at radius 3 is 2.89 bits per heavy atom. The van der Waals surface area contributed by atoms with Crippen LogP contribution in [0.3, 0.4) is 0 Å². The van der Waals surface area contributed by atoms with Gasteiger partial charge in [0.15, 0.2) is 0 Å². The van der Waals surface area contributed by atoms with Gasteiger partial charge in [-0.25, -0.2) is 0 Å². The number of hydrogen-bond donors (Lipinski definition) is 1. The Morgan fingerprint density at radius 2 is 2.11 bits per heavy atom. The van der Waals surface area contributed by atoms with Crippen LogP contribution in [0.1, 0.15) is 19.4 Å². The van der Waals surface area contributed by atoms with Crippen molar-refractivity contribution in [1.82, 2.24) is 15.2 Å². The highest BCUT2D eigenvalue weighted by Gasteiger charge is 2.03. The molecule has 1 N–H and O–H groups in total. The first-order valence-electron chi connectivity index (χ1n) is 6.91. The zero-order valence-electron chi connectivity index (χ0n) is 12.1. The Hall–Kier alpha value is -1.45. The van der Waals surface area contributed by atoms with Crippen molar-refractivity contribution in [2.75, 3.05) is 20.1 Å². The predicted octanol–water partition coefficient (Wildman–Crippen LogP) is 2.66. The molecule has 19 heavy (non-hydrogen) atoms. The second-order valence-corrected chi connectivity index (χ2v) is 5.27. The Labute approximate surface area is 115 Å². The monoisotopic (exact) mass is 257 g/mol. The average molecular weight is 257 g/mol. The van der Waals surface area contributed by atoms with Gasteiger partial charge in [-0.2, -0.15) is 0 Å². The van der Waals surface area contributed by atoms with Crippen LogP contribution in [0, 0.1) is 0 Å². The number of likely N-dealkylation sites (N-methyl/N-ethyl adjacent to an activating group) is 1. The van der Waals surface area contributed by atoms with Gasteiger partial charge in [-0.1, -0.05) is 18.2 Å². The smallest absolute Gasteiger partial charge is 0.0346 e. The van der Waals surface area contributed by atoms with Gasteiger partial charge in [0.2, 0.25) is 0 Å². The second-order valence-electron chi connectivity index (χ2n) is 5.27. The SMILES string of the molecule is CC(C)N(C)CCNCc1cccc2cnccc12. The second kappa shape index (κ2) is 6.64. The number of rotatable bonds is 6. The molecule has 0 aliphatic rings. The fraction of sp³-hybridized carbons (Fsp3) is 0.438. The molecule has 0 bridgehead atoms. The van der Waals surface area contributed by atoms with E-state index >= 15 is 0 Å². The molecule has 0 saturated carbocycles. The van der Waals surface area contributed by atoms with Crippen LogP contribution >= 0.6 is 0 Å². The van der Waals surface area contributed by atoms with Gasteiger partial charge >= 0.3 is 0 Å². The van der Waals surface area contributed by atoms with E-state index in [4.69, 9.17) is 0 Å². The molecule has 0 unspecified atom stereocenters. The molecule has 3 heteroatoms. The molecule has 0 radical (unpaired) electrons. The lowest BCUT2D eigenvalue weighted by Gasteiger charge is -2.21. The first-order valence-corrected chi connectivity index (χ1v) is 6.91. The van der Waals surface area contributed by atoms with Crippen LogP contribution < -0.4 is 5.32 Å². The fourth-order valence-electron chi connectivity index (χ4n) is 2.08. The maximum Gasteiger partial charge on any atom is 0.0346 e. The van der Waals surface area contributed by atoms with Gasteiger partial charge in [-0.05, 0) is 37.9 Å². The number of hydrogen-bond acceptors (Lipinski definition) is 3. The third-order valence-corrected chi connectivity index (χ3v) is 3.61. The van der Waals surface area contributed by atoms with Crippen LogP contribution in [0.25, 0.3) is 10.8 Å². The minimum Gasteiger partial charge on any atom is -0.311 e. The summed E-state index contributed by atoms with van der Waals surface area (Å²) in [4.78, 5) is 6.51. The van der Waals surface area contributed by atoms with Crippen molar-refractivity contribution in [2.24, 2.45) is 0 Å². The average Bonchev–Trinajstić information content (AvgIpc) is 2.43. The van der Waals surface area contributed by atoms with E-state index in [1.165, 1.54) is 16.3 Å². The first-order chi connectivity index (χ1) is 9.18. The number of aromatic nitrogens is 1. The standard InChI is InChI=1S/C16H23N3/c1-13(2)19(3)10-9-18-12-15-6-4-5-14-11-17-8-7-16(14)15/h4-8,11,13,18H,9-10,12H2,1-3H3. The molecule has 0 fully saturated rings. The Bertz CT molecular complexity index is 517. The van der Waals surface area contributed by atoms with Crippen molar-refractivity contribution >= 4 is 10.8 Å². The molecule has 0 spiro atoms. The molecule has 1 aromatic heterocycles. The van der Waals surface area contributed by atoms with Gasteiger partial charge in [-0.3, -0.25) is 4.98 Å². The maximum atomic E-state index is 4.17. The lowest BCUT2D eigenvalue weighted by molar-refractivity contribution is 0.273. The van der Waals surface area contributed by atoms with Crippen molar-refractivity contribution in [1.29, 1.82) is 0 Å². The minimum absolute atomic E-state index is 0.602. The zero-order valence-corrected chi connectivity index (χ0v) is 12.1. The Balaban J connectivity index is 1.92. The summed E-state index contributed by atoms with van der Waals surface area (Å²) in [5.74, 6) is 0. The summed E-state index contributed by atoms with van der Waals surface area (Å²) in [6.07, 6.45) is 3.78. The highest BCUT2D eigenvalue weighted by molar-refractivity contribution is 5.84. The lowest BCUT2D eigenvalue weighted by Crippen LogP contribution is -2.33. The van der Waals surface area contributed by atoms with Crippen LogP contribution in [-0.4, -0.2) is 36.1 Å². The summed E-state index contributed by atoms with van der Waals surface area (Å²) in [6, 6.07) is 9.08. The van der Waals surface area contributed by atoms with Crippen LogP contribution in [-0.2, 0) is 6.54 Å². The van der Waals surface area contributed by atoms with E-state index in [-0.39, 0.29) is 0 Å². The number of fused-ring (bicyclic) bond motifs is 1. The highest BCUT2D eigenvalue weighted by atomic mass is 15.1. The van der Waals surface area contributed by atoms with E-state index in [2.05, 4.69) is 60.4 Å². The molecule has 102 valence electrons. The fourth-order valence-corrected chi connectivity index (χ4v) is 2.08. The number of nitrogens with zero attached hydrogens (tertiary/aromatic N) is 2. The van der Waals surface area contributed by atoms with Gasteiger partial charge in [-0.15, -0.1) is 0 Å². The molecule has 1 aromatic carbocycles. The van der Waals surface area contributed by atoms with Gasteiger partial charge in [0, 0.05) is 43.5 Å². The number of nitrogens with one attached hydrogen (secondary N) is 1. The predicted molar refractivity (Wildman–Crippen MR) is 81.2 cm³/mol. The molecular weight excluding hydrogens is 234 g/mol. The molecule has 0 aliphatic heterocycles. The normalized spacial score (nSPS) is 11.6.